The van der Waals surface area contributed by atoms with Gasteiger partial charge in [-0.15, -0.1) is 0 Å². The topological polar surface area (TPSA) is 77.2 Å². The van der Waals surface area contributed by atoms with Crippen LogP contribution < -0.4 is 10.1 Å². The maximum Gasteiger partial charge on any atom is 0.248 e. The highest BCUT2D eigenvalue weighted by Crippen LogP contribution is 2.33. The van der Waals surface area contributed by atoms with Gasteiger partial charge in [0.25, 0.3) is 0 Å². The van der Waals surface area contributed by atoms with Crippen LogP contribution in [0.4, 0.5) is 5.69 Å². The fourth-order valence-corrected chi connectivity index (χ4v) is 3.48. The third kappa shape index (κ3) is 4.30. The summed E-state index contributed by atoms with van der Waals surface area (Å²) in [6.07, 6.45) is 4.61. The standard InChI is InChI=1S/C22H15Cl2N3O3/c1-29-20-13(10-15(23)12-17(20)24)7-8-19(28)26-16-5-2-4-14(11-16)22-27-21-18(30-22)6-3-9-25-21/h2-12H,1H3,(H,26,28). The van der Waals surface area contributed by atoms with Gasteiger partial charge in [-0.3, -0.25) is 4.79 Å². The summed E-state index contributed by atoms with van der Waals surface area (Å²) >= 11 is 12.2. The molecular weight excluding hydrogens is 425 g/mol. The van der Waals surface area contributed by atoms with E-state index in [1.165, 1.54) is 13.2 Å². The van der Waals surface area contributed by atoms with Crippen molar-refractivity contribution < 1.29 is 13.9 Å². The van der Waals surface area contributed by atoms with Crippen molar-refractivity contribution in [3.05, 3.63) is 76.4 Å². The van der Waals surface area contributed by atoms with Gasteiger partial charge in [0.05, 0.1) is 12.1 Å². The summed E-state index contributed by atoms with van der Waals surface area (Å²) in [4.78, 5) is 20.9. The van der Waals surface area contributed by atoms with E-state index in [2.05, 4.69) is 15.3 Å². The van der Waals surface area contributed by atoms with Crippen LogP contribution in [0.5, 0.6) is 5.75 Å². The van der Waals surface area contributed by atoms with Crippen molar-refractivity contribution in [3.8, 4) is 17.2 Å². The Labute approximate surface area is 182 Å². The number of hydrogen-bond acceptors (Lipinski definition) is 5. The Morgan fingerprint density at radius 2 is 2.03 bits per heavy atom. The van der Waals surface area contributed by atoms with Crippen molar-refractivity contribution in [3.63, 3.8) is 0 Å². The van der Waals surface area contributed by atoms with Crippen LogP contribution in [0.25, 0.3) is 28.8 Å². The number of halogens is 2. The molecule has 150 valence electrons. The minimum atomic E-state index is -0.329. The number of methoxy groups -OCH3 is 1. The number of hydrogen-bond donors (Lipinski definition) is 1. The summed E-state index contributed by atoms with van der Waals surface area (Å²) in [6, 6.07) is 14.0. The molecule has 0 fully saturated rings. The van der Waals surface area contributed by atoms with Gasteiger partial charge < -0.3 is 14.5 Å². The van der Waals surface area contributed by atoms with Gasteiger partial charge in [-0.25, -0.2) is 4.98 Å². The molecule has 0 saturated carbocycles. The molecule has 0 saturated heterocycles. The molecule has 0 aliphatic carbocycles. The van der Waals surface area contributed by atoms with Gasteiger partial charge in [0, 0.05) is 34.1 Å². The second-order valence-corrected chi connectivity index (χ2v) is 7.10. The average Bonchev–Trinajstić information content (AvgIpc) is 3.16. The molecule has 0 bridgehead atoms. The molecule has 1 amide bonds. The highest BCUT2D eigenvalue weighted by molar-refractivity contribution is 6.36. The highest BCUT2D eigenvalue weighted by Gasteiger charge is 2.11. The molecule has 30 heavy (non-hydrogen) atoms. The first-order valence-electron chi connectivity index (χ1n) is 8.87. The van der Waals surface area contributed by atoms with E-state index in [1.807, 2.05) is 6.07 Å². The van der Waals surface area contributed by atoms with Gasteiger partial charge in [0.1, 0.15) is 5.75 Å². The van der Waals surface area contributed by atoms with Gasteiger partial charge in [-0.2, -0.15) is 4.98 Å². The first-order valence-corrected chi connectivity index (χ1v) is 9.63. The van der Waals surface area contributed by atoms with Crippen molar-refractivity contribution in [1.82, 2.24) is 9.97 Å². The van der Waals surface area contributed by atoms with Crippen LogP contribution >= 0.6 is 23.2 Å². The molecule has 2 aromatic heterocycles. The molecule has 0 unspecified atom stereocenters. The van der Waals surface area contributed by atoms with Crippen LogP contribution in [0.1, 0.15) is 5.56 Å². The first-order chi connectivity index (χ1) is 14.5. The Kier molecular flexibility index (Phi) is 5.70. The molecule has 1 N–H and O–H groups in total. The number of fused-ring (bicyclic) bond motifs is 1. The summed E-state index contributed by atoms with van der Waals surface area (Å²) < 4.78 is 11.0. The van der Waals surface area contributed by atoms with E-state index >= 15 is 0 Å². The Bertz CT molecular complexity index is 1230. The number of pyridine rings is 1. The van der Waals surface area contributed by atoms with Gasteiger partial charge >= 0.3 is 0 Å². The predicted octanol–water partition coefficient (Wildman–Crippen LogP) is 5.86. The fourth-order valence-electron chi connectivity index (χ4n) is 2.89. The largest absolute Gasteiger partial charge is 0.495 e. The fraction of sp³-hybridized carbons (Fsp3) is 0.0455. The zero-order valence-corrected chi connectivity index (χ0v) is 17.2. The lowest BCUT2D eigenvalue weighted by Crippen LogP contribution is -2.07. The van der Waals surface area contributed by atoms with Crippen molar-refractivity contribution >= 4 is 52.1 Å². The molecule has 6 nitrogen and oxygen atoms in total. The maximum absolute atomic E-state index is 12.4. The van der Waals surface area contributed by atoms with Crippen LogP contribution in [0.3, 0.4) is 0 Å². The monoisotopic (exact) mass is 439 g/mol. The molecule has 0 spiro atoms. The van der Waals surface area contributed by atoms with E-state index in [0.29, 0.717) is 44.2 Å². The van der Waals surface area contributed by atoms with Gasteiger partial charge in [0.15, 0.2) is 11.2 Å². The third-order valence-electron chi connectivity index (χ3n) is 4.20. The summed E-state index contributed by atoms with van der Waals surface area (Å²) in [5.41, 5.74) is 3.03. The highest BCUT2D eigenvalue weighted by atomic mass is 35.5. The van der Waals surface area contributed by atoms with Gasteiger partial charge in [0.2, 0.25) is 11.8 Å². The summed E-state index contributed by atoms with van der Waals surface area (Å²) in [7, 11) is 1.50. The van der Waals surface area contributed by atoms with Crippen LogP contribution in [-0.4, -0.2) is 23.0 Å². The number of ether oxygens (including phenoxy) is 1. The number of carbonyl (C=O) groups excluding carboxylic acids is 1. The summed E-state index contributed by atoms with van der Waals surface area (Å²) in [5, 5.41) is 3.62. The van der Waals surface area contributed by atoms with Crippen molar-refractivity contribution in [2.45, 2.75) is 0 Å². The van der Waals surface area contributed by atoms with Crippen molar-refractivity contribution in [2.75, 3.05) is 12.4 Å². The molecular formula is C22H15Cl2N3O3. The molecule has 0 aliphatic rings. The predicted molar refractivity (Wildman–Crippen MR) is 118 cm³/mol. The number of amides is 1. The van der Waals surface area contributed by atoms with Crippen molar-refractivity contribution in [2.24, 2.45) is 0 Å². The number of oxazole rings is 1. The van der Waals surface area contributed by atoms with E-state index < -0.39 is 0 Å². The molecule has 4 rings (SSSR count). The molecule has 2 aromatic carbocycles. The van der Waals surface area contributed by atoms with E-state index in [0.717, 1.165) is 5.56 Å². The minimum absolute atomic E-state index is 0.329. The molecule has 2 heterocycles. The second-order valence-electron chi connectivity index (χ2n) is 6.26. The molecule has 0 aliphatic heterocycles. The molecule has 8 heteroatoms. The number of nitrogens with one attached hydrogen (secondary N) is 1. The average molecular weight is 440 g/mol. The lowest BCUT2D eigenvalue weighted by Gasteiger charge is -2.08. The number of aromatic nitrogens is 2. The summed E-state index contributed by atoms with van der Waals surface area (Å²) in [6.45, 7) is 0. The molecule has 0 atom stereocenters. The van der Waals surface area contributed by atoms with Crippen LogP contribution in [0.15, 0.2) is 65.2 Å². The summed E-state index contributed by atoms with van der Waals surface area (Å²) in [5.74, 6) is 0.537. The van der Waals surface area contributed by atoms with Crippen LogP contribution in [0.2, 0.25) is 10.0 Å². The zero-order chi connectivity index (χ0) is 21.1. The zero-order valence-electron chi connectivity index (χ0n) is 15.7. The SMILES string of the molecule is COc1c(Cl)cc(Cl)cc1C=CC(=O)Nc1cccc(-c2nc3ncccc3o2)c1. The number of nitrogens with zero attached hydrogens (tertiary/aromatic N) is 2. The Hall–Kier alpha value is -3.35. The van der Waals surface area contributed by atoms with Crippen LogP contribution in [0, 0.1) is 0 Å². The number of carbonyl (C=O) groups is 1. The van der Waals surface area contributed by atoms with E-state index in [-0.39, 0.29) is 5.91 Å². The number of benzene rings is 2. The maximum atomic E-state index is 12.4. The van der Waals surface area contributed by atoms with Crippen molar-refractivity contribution in [1.29, 1.82) is 0 Å². The number of anilines is 1. The van der Waals surface area contributed by atoms with Gasteiger partial charge in [-0.05, 0) is 48.5 Å². The lowest BCUT2D eigenvalue weighted by molar-refractivity contribution is -0.111. The normalized spacial score (nSPS) is 11.2. The Morgan fingerprint density at radius 3 is 2.83 bits per heavy atom. The number of rotatable bonds is 5. The van der Waals surface area contributed by atoms with Crippen LogP contribution in [-0.2, 0) is 4.79 Å². The Morgan fingerprint density at radius 1 is 1.17 bits per heavy atom. The van der Waals surface area contributed by atoms with E-state index in [4.69, 9.17) is 32.4 Å². The second kappa shape index (κ2) is 8.57. The molecule has 4 aromatic rings. The first kappa shape index (κ1) is 19.9. The van der Waals surface area contributed by atoms with E-state index in [1.54, 1.807) is 54.7 Å². The third-order valence-corrected chi connectivity index (χ3v) is 4.70. The quantitative estimate of drug-likeness (QED) is 0.394. The van der Waals surface area contributed by atoms with E-state index in [9.17, 15) is 4.79 Å². The minimum Gasteiger partial charge on any atom is -0.495 e. The van der Waals surface area contributed by atoms with Gasteiger partial charge in [-0.1, -0.05) is 29.3 Å². The smallest absolute Gasteiger partial charge is 0.248 e. The Balaban J connectivity index is 1.53. The molecule has 0 radical (unpaired) electrons. The lowest BCUT2D eigenvalue weighted by atomic mass is 10.1.